The van der Waals surface area contributed by atoms with Gasteiger partial charge in [-0.15, -0.1) is 0 Å². The maximum atomic E-state index is 13.2. The highest BCUT2D eigenvalue weighted by Crippen LogP contribution is 2.29. The summed E-state index contributed by atoms with van der Waals surface area (Å²) in [6, 6.07) is 12.0. The lowest BCUT2D eigenvalue weighted by atomic mass is 10.0. The molecule has 0 saturated carbocycles. The molecule has 0 bridgehead atoms. The predicted octanol–water partition coefficient (Wildman–Crippen LogP) is 3.68. The number of aromatic nitrogens is 1. The molecule has 5 heteroatoms. The summed E-state index contributed by atoms with van der Waals surface area (Å²) in [5.41, 5.74) is 3.36. The fourth-order valence-electron chi connectivity index (χ4n) is 2.55. The monoisotopic (exact) mass is 312 g/mol. The summed E-state index contributed by atoms with van der Waals surface area (Å²) >= 11 is 0. The number of halogens is 1. The number of aliphatic hydroxyl groups is 1. The van der Waals surface area contributed by atoms with Gasteiger partial charge in [0.1, 0.15) is 5.82 Å². The zero-order chi connectivity index (χ0) is 16.4. The molecule has 0 radical (unpaired) electrons. The van der Waals surface area contributed by atoms with E-state index < -0.39 is 6.10 Å². The first-order valence-electron chi connectivity index (χ1n) is 7.38. The van der Waals surface area contributed by atoms with Crippen molar-refractivity contribution >= 4 is 22.5 Å². The molecular weight excluding hydrogens is 295 g/mol. The molecule has 1 unspecified atom stereocenters. The molecule has 1 heterocycles. The van der Waals surface area contributed by atoms with Gasteiger partial charge in [0.05, 0.1) is 12.5 Å². The van der Waals surface area contributed by atoms with Crippen molar-refractivity contribution in [2.24, 2.45) is 0 Å². The van der Waals surface area contributed by atoms with Crippen molar-refractivity contribution in [2.75, 3.05) is 5.32 Å². The zero-order valence-corrected chi connectivity index (χ0v) is 12.6. The van der Waals surface area contributed by atoms with E-state index in [0.29, 0.717) is 5.69 Å². The van der Waals surface area contributed by atoms with Crippen LogP contribution in [-0.2, 0) is 4.79 Å². The topological polar surface area (TPSA) is 65.1 Å². The lowest BCUT2D eigenvalue weighted by molar-refractivity contribution is -0.117. The second kappa shape index (κ2) is 6.22. The maximum absolute atomic E-state index is 13.2. The number of fused-ring (bicyclic) bond motifs is 1. The number of carbonyl (C=O) groups excluding carboxylic acids is 1. The third-order valence-electron chi connectivity index (χ3n) is 3.60. The van der Waals surface area contributed by atoms with Crippen LogP contribution in [0.4, 0.5) is 10.1 Å². The molecule has 4 nitrogen and oxygen atoms in total. The van der Waals surface area contributed by atoms with E-state index in [-0.39, 0.29) is 18.1 Å². The van der Waals surface area contributed by atoms with Crippen LogP contribution in [0.2, 0.25) is 0 Å². The number of carbonyl (C=O) groups is 1. The number of aliphatic hydroxyl groups excluding tert-OH is 1. The van der Waals surface area contributed by atoms with E-state index in [2.05, 4.69) is 10.3 Å². The van der Waals surface area contributed by atoms with Crippen LogP contribution >= 0.6 is 0 Å². The zero-order valence-electron chi connectivity index (χ0n) is 12.6. The lowest BCUT2D eigenvalue weighted by Gasteiger charge is -2.07. The number of hydrogen-bond acceptors (Lipinski definition) is 2. The number of benzene rings is 2. The minimum absolute atomic E-state index is 0.0652. The SMILES string of the molecule is CC(O)CC(=O)Nc1ccc(-c2c[nH]c3cc(F)ccc23)cc1. The van der Waals surface area contributed by atoms with Crippen molar-refractivity contribution in [1.82, 2.24) is 4.98 Å². The Bertz CT molecular complexity index is 838. The van der Waals surface area contributed by atoms with E-state index >= 15 is 0 Å². The van der Waals surface area contributed by atoms with Crippen molar-refractivity contribution in [3.63, 3.8) is 0 Å². The number of hydrogen-bond donors (Lipinski definition) is 3. The van der Waals surface area contributed by atoms with Crippen molar-refractivity contribution in [3.05, 3.63) is 54.5 Å². The van der Waals surface area contributed by atoms with E-state index in [9.17, 15) is 14.3 Å². The standard InChI is InChI=1S/C18H17FN2O2/c1-11(22)8-18(23)21-14-5-2-12(3-6-14)16-10-20-17-9-13(19)4-7-15(16)17/h2-7,9-11,20,22H,8H2,1H3,(H,21,23). The van der Waals surface area contributed by atoms with Crippen molar-refractivity contribution in [2.45, 2.75) is 19.4 Å². The lowest BCUT2D eigenvalue weighted by Crippen LogP contribution is -2.17. The second-order valence-corrected chi connectivity index (χ2v) is 5.57. The Hall–Kier alpha value is -2.66. The first-order chi connectivity index (χ1) is 11.0. The van der Waals surface area contributed by atoms with Crippen LogP contribution in [0.5, 0.6) is 0 Å². The fourth-order valence-corrected chi connectivity index (χ4v) is 2.55. The van der Waals surface area contributed by atoms with Crippen LogP contribution in [-0.4, -0.2) is 22.1 Å². The summed E-state index contributed by atoms with van der Waals surface area (Å²) in [6.07, 6.45) is 1.24. The predicted molar refractivity (Wildman–Crippen MR) is 88.6 cm³/mol. The van der Waals surface area contributed by atoms with Crippen LogP contribution in [0, 0.1) is 5.82 Å². The van der Waals surface area contributed by atoms with Gasteiger partial charge in [0.15, 0.2) is 0 Å². The Kier molecular flexibility index (Phi) is 4.12. The first kappa shape index (κ1) is 15.2. The second-order valence-electron chi connectivity index (χ2n) is 5.57. The molecule has 23 heavy (non-hydrogen) atoms. The fraction of sp³-hybridized carbons (Fsp3) is 0.167. The number of aromatic amines is 1. The Balaban J connectivity index is 1.82. The Labute approximate surface area is 133 Å². The minimum atomic E-state index is -0.666. The van der Waals surface area contributed by atoms with Gasteiger partial charge >= 0.3 is 0 Å². The number of nitrogens with one attached hydrogen (secondary N) is 2. The number of amides is 1. The van der Waals surface area contributed by atoms with E-state index in [0.717, 1.165) is 22.0 Å². The largest absolute Gasteiger partial charge is 0.393 e. The van der Waals surface area contributed by atoms with Gasteiger partial charge in [-0.1, -0.05) is 12.1 Å². The van der Waals surface area contributed by atoms with Crippen molar-refractivity contribution in [1.29, 1.82) is 0 Å². The Morgan fingerprint density at radius 3 is 2.70 bits per heavy atom. The van der Waals surface area contributed by atoms with E-state index in [1.165, 1.54) is 12.1 Å². The smallest absolute Gasteiger partial charge is 0.226 e. The van der Waals surface area contributed by atoms with Crippen LogP contribution in [0.3, 0.4) is 0 Å². The van der Waals surface area contributed by atoms with Gasteiger partial charge < -0.3 is 15.4 Å². The highest BCUT2D eigenvalue weighted by atomic mass is 19.1. The molecule has 2 aromatic carbocycles. The van der Waals surface area contributed by atoms with E-state index in [1.54, 1.807) is 25.1 Å². The molecule has 3 rings (SSSR count). The van der Waals surface area contributed by atoms with Crippen LogP contribution in [0.25, 0.3) is 22.0 Å². The van der Waals surface area contributed by atoms with E-state index in [1.807, 2.05) is 18.3 Å². The average Bonchev–Trinajstić information content (AvgIpc) is 2.90. The highest BCUT2D eigenvalue weighted by molar-refractivity contribution is 5.96. The summed E-state index contributed by atoms with van der Waals surface area (Å²) in [7, 11) is 0. The molecule has 0 saturated heterocycles. The molecule has 0 aliphatic carbocycles. The third kappa shape index (κ3) is 3.40. The molecule has 0 fully saturated rings. The van der Waals surface area contributed by atoms with Crippen molar-refractivity contribution in [3.8, 4) is 11.1 Å². The van der Waals surface area contributed by atoms with Crippen LogP contribution < -0.4 is 5.32 Å². The van der Waals surface area contributed by atoms with Crippen LogP contribution in [0.15, 0.2) is 48.7 Å². The summed E-state index contributed by atoms with van der Waals surface area (Å²) in [5.74, 6) is -0.502. The van der Waals surface area contributed by atoms with Gasteiger partial charge in [-0.05, 0) is 42.8 Å². The number of rotatable bonds is 4. The quantitative estimate of drug-likeness (QED) is 0.688. The first-order valence-corrected chi connectivity index (χ1v) is 7.38. The Morgan fingerprint density at radius 1 is 1.26 bits per heavy atom. The summed E-state index contributed by atoms with van der Waals surface area (Å²) in [5, 5.41) is 12.9. The highest BCUT2D eigenvalue weighted by Gasteiger charge is 2.09. The third-order valence-corrected chi connectivity index (χ3v) is 3.60. The Morgan fingerprint density at radius 2 is 2.00 bits per heavy atom. The summed E-state index contributed by atoms with van der Waals surface area (Å²) in [4.78, 5) is 14.7. The molecule has 1 aromatic heterocycles. The maximum Gasteiger partial charge on any atom is 0.226 e. The van der Waals surface area contributed by atoms with Crippen molar-refractivity contribution < 1.29 is 14.3 Å². The minimum Gasteiger partial charge on any atom is -0.393 e. The molecule has 1 atom stereocenters. The van der Waals surface area contributed by atoms with Gasteiger partial charge in [0.25, 0.3) is 0 Å². The molecular formula is C18H17FN2O2. The molecule has 1 amide bonds. The molecule has 3 N–H and O–H groups in total. The average molecular weight is 312 g/mol. The molecule has 0 aliphatic heterocycles. The van der Waals surface area contributed by atoms with Gasteiger partial charge in [0.2, 0.25) is 5.91 Å². The van der Waals surface area contributed by atoms with Gasteiger partial charge in [0, 0.05) is 28.4 Å². The molecule has 3 aromatic rings. The number of H-pyrrole nitrogens is 1. The van der Waals surface area contributed by atoms with Crippen LogP contribution in [0.1, 0.15) is 13.3 Å². The summed E-state index contributed by atoms with van der Waals surface area (Å²) < 4.78 is 13.2. The van der Waals surface area contributed by atoms with E-state index in [4.69, 9.17) is 0 Å². The summed E-state index contributed by atoms with van der Waals surface area (Å²) in [6.45, 7) is 1.57. The number of anilines is 1. The van der Waals surface area contributed by atoms with Gasteiger partial charge in [-0.3, -0.25) is 4.79 Å². The molecule has 0 aliphatic rings. The normalized spacial score (nSPS) is 12.3. The molecule has 0 spiro atoms. The van der Waals surface area contributed by atoms with Gasteiger partial charge in [-0.2, -0.15) is 0 Å². The van der Waals surface area contributed by atoms with Gasteiger partial charge in [-0.25, -0.2) is 4.39 Å². The molecule has 118 valence electrons.